The highest BCUT2D eigenvalue weighted by molar-refractivity contribution is 6.30. The van der Waals surface area contributed by atoms with Crippen molar-refractivity contribution in [2.45, 2.75) is 13.5 Å². The molecular formula is C16H14ClN3O. The van der Waals surface area contributed by atoms with Crippen LogP contribution in [0.25, 0.3) is 11.0 Å². The van der Waals surface area contributed by atoms with E-state index in [-0.39, 0.29) is 5.56 Å². The normalized spacial score (nSPS) is 11.0. The minimum atomic E-state index is -0.104. The summed E-state index contributed by atoms with van der Waals surface area (Å²) in [5.41, 5.74) is 9.21. The summed E-state index contributed by atoms with van der Waals surface area (Å²) in [6.07, 6.45) is 0. The van der Waals surface area contributed by atoms with Gasteiger partial charge in [-0.2, -0.15) is 0 Å². The van der Waals surface area contributed by atoms with Crippen molar-refractivity contribution in [3.05, 3.63) is 69.1 Å². The summed E-state index contributed by atoms with van der Waals surface area (Å²) < 4.78 is 1.70. The van der Waals surface area contributed by atoms with Crippen LogP contribution in [-0.4, -0.2) is 9.55 Å². The number of aromatic nitrogens is 2. The number of halogens is 1. The molecule has 0 aliphatic rings. The Morgan fingerprint density at radius 3 is 2.81 bits per heavy atom. The molecule has 0 aliphatic heterocycles. The average Bonchev–Trinajstić information content (AvgIpc) is 2.44. The number of aryl methyl sites for hydroxylation is 1. The van der Waals surface area contributed by atoms with E-state index in [2.05, 4.69) is 4.98 Å². The number of rotatable bonds is 2. The number of benzene rings is 2. The summed E-state index contributed by atoms with van der Waals surface area (Å²) in [4.78, 5) is 16.7. The third-order valence-corrected chi connectivity index (χ3v) is 3.60. The summed E-state index contributed by atoms with van der Waals surface area (Å²) in [6.45, 7) is 2.16. The second-order valence-corrected chi connectivity index (χ2v) is 5.40. The SMILES string of the molecule is Cc1nc2cc(N)ccc2n(Cc2cccc(Cl)c2)c1=O. The van der Waals surface area contributed by atoms with Crippen molar-refractivity contribution in [3.63, 3.8) is 0 Å². The zero-order chi connectivity index (χ0) is 15.0. The van der Waals surface area contributed by atoms with Crippen LogP contribution in [0.3, 0.4) is 0 Å². The molecule has 1 aromatic heterocycles. The number of nitrogens with two attached hydrogens (primary N) is 1. The predicted molar refractivity (Wildman–Crippen MR) is 85.7 cm³/mol. The zero-order valence-electron chi connectivity index (χ0n) is 11.5. The highest BCUT2D eigenvalue weighted by Crippen LogP contribution is 2.17. The van der Waals surface area contributed by atoms with Crippen LogP contribution in [0.15, 0.2) is 47.3 Å². The van der Waals surface area contributed by atoms with Crippen LogP contribution < -0.4 is 11.3 Å². The van der Waals surface area contributed by atoms with E-state index in [0.717, 1.165) is 11.1 Å². The minimum absolute atomic E-state index is 0.104. The maximum atomic E-state index is 12.4. The first kappa shape index (κ1) is 13.6. The molecule has 106 valence electrons. The van der Waals surface area contributed by atoms with Crippen molar-refractivity contribution >= 4 is 28.3 Å². The average molecular weight is 300 g/mol. The lowest BCUT2D eigenvalue weighted by atomic mass is 10.2. The first-order valence-electron chi connectivity index (χ1n) is 6.56. The van der Waals surface area contributed by atoms with Crippen molar-refractivity contribution in [1.82, 2.24) is 9.55 Å². The Kier molecular flexibility index (Phi) is 3.39. The fraction of sp³-hybridized carbons (Fsp3) is 0.125. The zero-order valence-corrected chi connectivity index (χ0v) is 12.3. The van der Waals surface area contributed by atoms with Crippen molar-refractivity contribution in [1.29, 1.82) is 0 Å². The second-order valence-electron chi connectivity index (χ2n) is 4.97. The van der Waals surface area contributed by atoms with Gasteiger partial charge in [0, 0.05) is 10.7 Å². The van der Waals surface area contributed by atoms with Gasteiger partial charge in [-0.1, -0.05) is 23.7 Å². The molecular weight excluding hydrogens is 286 g/mol. The van der Waals surface area contributed by atoms with Gasteiger partial charge < -0.3 is 10.3 Å². The number of hydrogen-bond acceptors (Lipinski definition) is 3. The standard InChI is InChI=1S/C16H14ClN3O/c1-10-16(21)20(9-11-3-2-4-12(17)7-11)15-6-5-13(18)8-14(15)19-10/h2-8H,9,18H2,1H3. The largest absolute Gasteiger partial charge is 0.399 e. The maximum Gasteiger partial charge on any atom is 0.272 e. The van der Waals surface area contributed by atoms with E-state index >= 15 is 0 Å². The number of hydrogen-bond donors (Lipinski definition) is 1. The molecule has 3 aromatic rings. The predicted octanol–water partition coefficient (Wildman–Crippen LogP) is 2.99. The lowest BCUT2D eigenvalue weighted by Gasteiger charge is -2.12. The molecule has 0 amide bonds. The monoisotopic (exact) mass is 299 g/mol. The highest BCUT2D eigenvalue weighted by Gasteiger charge is 2.09. The molecule has 0 saturated heterocycles. The van der Waals surface area contributed by atoms with Gasteiger partial charge in [-0.25, -0.2) is 4.98 Å². The molecule has 0 atom stereocenters. The lowest BCUT2D eigenvalue weighted by molar-refractivity contribution is 0.776. The quantitative estimate of drug-likeness (QED) is 0.740. The van der Waals surface area contributed by atoms with Crippen LogP contribution in [0, 0.1) is 6.92 Å². The summed E-state index contributed by atoms with van der Waals surface area (Å²) in [5.74, 6) is 0. The van der Waals surface area contributed by atoms with Gasteiger partial charge in [-0.15, -0.1) is 0 Å². The van der Waals surface area contributed by atoms with Gasteiger partial charge in [-0.05, 0) is 42.8 Å². The molecule has 21 heavy (non-hydrogen) atoms. The molecule has 0 fully saturated rings. The third-order valence-electron chi connectivity index (χ3n) is 3.36. The van der Waals surface area contributed by atoms with Crippen molar-refractivity contribution in [3.8, 4) is 0 Å². The molecule has 2 aromatic carbocycles. The minimum Gasteiger partial charge on any atom is -0.399 e. The Bertz CT molecular complexity index is 886. The van der Waals surface area contributed by atoms with E-state index < -0.39 is 0 Å². The van der Waals surface area contributed by atoms with Crippen LogP contribution in [0.4, 0.5) is 5.69 Å². The van der Waals surface area contributed by atoms with Gasteiger partial charge >= 0.3 is 0 Å². The van der Waals surface area contributed by atoms with Crippen LogP contribution in [0.2, 0.25) is 5.02 Å². The summed E-state index contributed by atoms with van der Waals surface area (Å²) in [7, 11) is 0. The van der Waals surface area contributed by atoms with Crippen LogP contribution >= 0.6 is 11.6 Å². The van der Waals surface area contributed by atoms with Crippen molar-refractivity contribution < 1.29 is 0 Å². The molecule has 4 nitrogen and oxygen atoms in total. The van der Waals surface area contributed by atoms with Gasteiger partial charge in [0.05, 0.1) is 17.6 Å². The van der Waals surface area contributed by atoms with Crippen LogP contribution in [-0.2, 0) is 6.54 Å². The van der Waals surface area contributed by atoms with Crippen LogP contribution in [0.5, 0.6) is 0 Å². The smallest absolute Gasteiger partial charge is 0.272 e. The highest BCUT2D eigenvalue weighted by atomic mass is 35.5. The Morgan fingerprint density at radius 1 is 1.24 bits per heavy atom. The van der Waals surface area contributed by atoms with Gasteiger partial charge in [0.2, 0.25) is 0 Å². The van der Waals surface area contributed by atoms with Gasteiger partial charge in [-0.3, -0.25) is 4.79 Å². The van der Waals surface area contributed by atoms with Crippen molar-refractivity contribution in [2.24, 2.45) is 0 Å². The van der Waals surface area contributed by atoms with Crippen molar-refractivity contribution in [2.75, 3.05) is 5.73 Å². The topological polar surface area (TPSA) is 60.9 Å². The molecule has 0 unspecified atom stereocenters. The Morgan fingerprint density at radius 2 is 2.05 bits per heavy atom. The molecule has 3 rings (SSSR count). The van der Waals surface area contributed by atoms with E-state index in [1.807, 2.05) is 30.3 Å². The molecule has 5 heteroatoms. The Labute approximate surface area is 126 Å². The van der Waals surface area contributed by atoms with E-state index in [0.29, 0.717) is 28.5 Å². The lowest BCUT2D eigenvalue weighted by Crippen LogP contribution is -2.24. The van der Waals surface area contributed by atoms with Crippen LogP contribution in [0.1, 0.15) is 11.3 Å². The molecule has 0 saturated carbocycles. The number of nitrogen functional groups attached to an aromatic ring is 1. The molecule has 1 heterocycles. The molecule has 2 N–H and O–H groups in total. The molecule has 0 radical (unpaired) electrons. The van der Waals surface area contributed by atoms with Gasteiger partial charge in [0.25, 0.3) is 5.56 Å². The summed E-state index contributed by atoms with van der Waals surface area (Å²) in [6, 6.07) is 12.8. The van der Waals surface area contributed by atoms with Gasteiger partial charge in [0.15, 0.2) is 0 Å². The Hall–Kier alpha value is -2.33. The second kappa shape index (κ2) is 5.22. The molecule has 0 spiro atoms. The summed E-state index contributed by atoms with van der Waals surface area (Å²) in [5, 5.41) is 0.653. The first-order chi connectivity index (χ1) is 10.0. The molecule has 0 bridgehead atoms. The van der Waals surface area contributed by atoms with E-state index in [1.54, 1.807) is 23.6 Å². The first-order valence-corrected chi connectivity index (χ1v) is 6.93. The number of nitrogens with zero attached hydrogens (tertiary/aromatic N) is 2. The van der Waals surface area contributed by atoms with E-state index in [1.165, 1.54) is 0 Å². The third kappa shape index (κ3) is 2.62. The fourth-order valence-corrected chi connectivity index (χ4v) is 2.58. The van der Waals surface area contributed by atoms with E-state index in [4.69, 9.17) is 17.3 Å². The Balaban J connectivity index is 2.21. The fourth-order valence-electron chi connectivity index (χ4n) is 2.37. The summed E-state index contributed by atoms with van der Waals surface area (Å²) >= 11 is 6.00. The van der Waals surface area contributed by atoms with E-state index in [9.17, 15) is 4.79 Å². The molecule has 0 aliphatic carbocycles. The van der Waals surface area contributed by atoms with Gasteiger partial charge in [0.1, 0.15) is 5.69 Å². The number of fused-ring (bicyclic) bond motifs is 1. The number of anilines is 1. The maximum absolute atomic E-state index is 12.4.